The summed E-state index contributed by atoms with van der Waals surface area (Å²) in [6.07, 6.45) is 0.938. The largest absolute Gasteiger partial charge is 0.395 e. The molecule has 0 saturated heterocycles. The van der Waals surface area contributed by atoms with E-state index in [1.54, 1.807) is 4.90 Å². The second-order valence-electron chi connectivity index (χ2n) is 5.27. The van der Waals surface area contributed by atoms with Crippen LogP contribution in [-0.2, 0) is 6.42 Å². The first-order chi connectivity index (χ1) is 9.63. The average Bonchev–Trinajstić information content (AvgIpc) is 2.78. The Morgan fingerprint density at radius 1 is 1.35 bits per heavy atom. The average molecular weight is 278 g/mol. The molecule has 0 aliphatic carbocycles. The second-order valence-corrected chi connectivity index (χ2v) is 5.27. The van der Waals surface area contributed by atoms with Gasteiger partial charge in [0.05, 0.1) is 19.8 Å². The fraction of sp³-hybridized carbons (Fsp3) is 0.533. The van der Waals surface area contributed by atoms with Crippen LogP contribution in [0.3, 0.4) is 0 Å². The molecule has 1 aliphatic rings. The normalized spacial score (nSPS) is 17.1. The fourth-order valence-corrected chi connectivity index (χ4v) is 2.57. The molecule has 1 unspecified atom stereocenters. The van der Waals surface area contributed by atoms with Gasteiger partial charge in [-0.25, -0.2) is 0 Å². The minimum Gasteiger partial charge on any atom is -0.395 e. The number of Topliss-reactive ketones (excluding diaryl/α,β-unsaturated/α-hetero) is 1. The number of nitrogens with zero attached hydrogens (tertiary/aromatic N) is 1. The van der Waals surface area contributed by atoms with E-state index in [-0.39, 0.29) is 25.5 Å². The number of aliphatic hydroxyl groups excluding tert-OH is 2. The number of anilines is 1. The fourth-order valence-electron chi connectivity index (χ4n) is 2.57. The number of hydrogen-bond donors (Lipinski definition) is 3. The van der Waals surface area contributed by atoms with Crippen LogP contribution in [0.25, 0.3) is 0 Å². The molecule has 0 aromatic heterocycles. The number of benzene rings is 1. The number of hydrogen-bond acceptors (Lipinski definition) is 5. The molecule has 5 heteroatoms. The van der Waals surface area contributed by atoms with Gasteiger partial charge in [0.15, 0.2) is 5.78 Å². The van der Waals surface area contributed by atoms with Gasteiger partial charge in [-0.15, -0.1) is 0 Å². The first-order valence-electron chi connectivity index (χ1n) is 7.00. The monoisotopic (exact) mass is 278 g/mol. The van der Waals surface area contributed by atoms with Crippen LogP contribution in [0.2, 0.25) is 0 Å². The van der Waals surface area contributed by atoms with Crippen molar-refractivity contribution in [2.75, 3.05) is 38.2 Å². The maximum atomic E-state index is 12.3. The lowest BCUT2D eigenvalue weighted by Gasteiger charge is -2.19. The summed E-state index contributed by atoms with van der Waals surface area (Å²) in [7, 11) is 0. The molecule has 20 heavy (non-hydrogen) atoms. The SMILES string of the molecule is CC1Cc2cc(C(=O)CN(CCO)CCO)ccc2N1. The molecule has 0 amide bonds. The van der Waals surface area contributed by atoms with Crippen molar-refractivity contribution in [3.8, 4) is 0 Å². The van der Waals surface area contributed by atoms with Crippen LogP contribution in [0.15, 0.2) is 18.2 Å². The molecular formula is C15H22N2O3. The van der Waals surface area contributed by atoms with Crippen LogP contribution in [0.4, 0.5) is 5.69 Å². The Balaban J connectivity index is 2.04. The highest BCUT2D eigenvalue weighted by molar-refractivity contribution is 5.98. The summed E-state index contributed by atoms with van der Waals surface area (Å²) in [5.41, 5.74) is 2.98. The van der Waals surface area contributed by atoms with Gasteiger partial charge in [-0.3, -0.25) is 9.69 Å². The van der Waals surface area contributed by atoms with Crippen molar-refractivity contribution >= 4 is 11.5 Å². The van der Waals surface area contributed by atoms with Crippen molar-refractivity contribution in [2.24, 2.45) is 0 Å². The maximum absolute atomic E-state index is 12.3. The molecule has 0 radical (unpaired) electrons. The number of ketones is 1. The van der Waals surface area contributed by atoms with Crippen molar-refractivity contribution in [3.63, 3.8) is 0 Å². The Labute approximate surface area is 119 Å². The number of nitrogens with one attached hydrogen (secondary N) is 1. The maximum Gasteiger partial charge on any atom is 0.176 e. The van der Waals surface area contributed by atoms with E-state index in [9.17, 15) is 4.79 Å². The zero-order valence-electron chi connectivity index (χ0n) is 11.8. The molecule has 0 spiro atoms. The van der Waals surface area contributed by atoms with Gasteiger partial charge >= 0.3 is 0 Å². The Morgan fingerprint density at radius 3 is 2.70 bits per heavy atom. The van der Waals surface area contributed by atoms with E-state index < -0.39 is 0 Å². The lowest BCUT2D eigenvalue weighted by atomic mass is 10.0. The summed E-state index contributed by atoms with van der Waals surface area (Å²) in [5.74, 6) is 0.0225. The Morgan fingerprint density at radius 2 is 2.05 bits per heavy atom. The van der Waals surface area contributed by atoms with Crippen molar-refractivity contribution in [3.05, 3.63) is 29.3 Å². The third-order valence-corrected chi connectivity index (χ3v) is 3.55. The van der Waals surface area contributed by atoms with Gasteiger partial charge in [-0.2, -0.15) is 0 Å². The highest BCUT2D eigenvalue weighted by Gasteiger charge is 2.19. The smallest absolute Gasteiger partial charge is 0.176 e. The van der Waals surface area contributed by atoms with Crippen LogP contribution < -0.4 is 5.32 Å². The number of fused-ring (bicyclic) bond motifs is 1. The van der Waals surface area contributed by atoms with Gasteiger partial charge < -0.3 is 15.5 Å². The molecule has 1 atom stereocenters. The van der Waals surface area contributed by atoms with Crippen molar-refractivity contribution in [1.29, 1.82) is 0 Å². The molecule has 0 saturated carbocycles. The zero-order valence-corrected chi connectivity index (χ0v) is 11.8. The molecule has 1 aromatic rings. The molecule has 5 nitrogen and oxygen atoms in total. The number of carbonyl (C=O) groups is 1. The Hall–Kier alpha value is -1.43. The van der Waals surface area contributed by atoms with Crippen molar-refractivity contribution < 1.29 is 15.0 Å². The van der Waals surface area contributed by atoms with Gasteiger partial charge in [0.25, 0.3) is 0 Å². The highest BCUT2D eigenvalue weighted by Crippen LogP contribution is 2.26. The van der Waals surface area contributed by atoms with Crippen molar-refractivity contribution in [1.82, 2.24) is 4.90 Å². The van der Waals surface area contributed by atoms with E-state index in [2.05, 4.69) is 12.2 Å². The lowest BCUT2D eigenvalue weighted by molar-refractivity contribution is 0.0894. The Bertz CT molecular complexity index is 470. The van der Waals surface area contributed by atoms with Gasteiger partial charge in [-0.1, -0.05) is 0 Å². The predicted molar refractivity (Wildman–Crippen MR) is 78.2 cm³/mol. The van der Waals surface area contributed by atoms with E-state index in [0.717, 1.165) is 12.1 Å². The molecule has 110 valence electrons. The molecule has 0 bridgehead atoms. The molecule has 2 rings (SSSR count). The number of rotatable bonds is 7. The summed E-state index contributed by atoms with van der Waals surface area (Å²) in [6, 6.07) is 6.15. The van der Waals surface area contributed by atoms with Gasteiger partial charge in [0.2, 0.25) is 0 Å². The molecule has 1 aliphatic heterocycles. The Kier molecular flexibility index (Phi) is 5.11. The van der Waals surface area contributed by atoms with Crippen LogP contribution in [0.1, 0.15) is 22.8 Å². The third kappa shape index (κ3) is 3.56. The van der Waals surface area contributed by atoms with E-state index >= 15 is 0 Å². The first-order valence-corrected chi connectivity index (χ1v) is 7.00. The standard InChI is InChI=1S/C15H22N2O3/c1-11-8-13-9-12(2-3-14(13)16-11)15(20)10-17(4-6-18)5-7-19/h2-3,9,11,16,18-19H,4-8,10H2,1H3. The highest BCUT2D eigenvalue weighted by atomic mass is 16.3. The first kappa shape index (κ1) is 15.0. The van der Waals surface area contributed by atoms with Gasteiger partial charge in [0, 0.05) is 30.4 Å². The number of carbonyl (C=O) groups excluding carboxylic acids is 1. The van der Waals surface area contributed by atoms with Crippen molar-refractivity contribution in [2.45, 2.75) is 19.4 Å². The third-order valence-electron chi connectivity index (χ3n) is 3.55. The van der Waals surface area contributed by atoms with Crippen LogP contribution in [-0.4, -0.2) is 59.8 Å². The van der Waals surface area contributed by atoms with Crippen LogP contribution >= 0.6 is 0 Å². The number of aliphatic hydroxyl groups is 2. The van der Waals surface area contributed by atoms with Crippen LogP contribution in [0, 0.1) is 0 Å². The molecule has 1 aromatic carbocycles. The quantitative estimate of drug-likeness (QED) is 0.634. The summed E-state index contributed by atoms with van der Waals surface area (Å²) < 4.78 is 0. The summed E-state index contributed by atoms with van der Waals surface area (Å²) >= 11 is 0. The van der Waals surface area contributed by atoms with E-state index in [0.29, 0.717) is 24.7 Å². The minimum absolute atomic E-state index is 0.0150. The van der Waals surface area contributed by atoms with E-state index in [1.165, 1.54) is 5.56 Å². The molecule has 0 fully saturated rings. The zero-order chi connectivity index (χ0) is 14.5. The lowest BCUT2D eigenvalue weighted by Crippen LogP contribution is -2.34. The van der Waals surface area contributed by atoms with E-state index in [1.807, 2.05) is 18.2 Å². The molecular weight excluding hydrogens is 256 g/mol. The summed E-state index contributed by atoms with van der Waals surface area (Å²) in [6.45, 7) is 3.11. The topological polar surface area (TPSA) is 72.8 Å². The van der Waals surface area contributed by atoms with Gasteiger partial charge in [-0.05, 0) is 37.1 Å². The molecule has 1 heterocycles. The minimum atomic E-state index is -0.0150. The van der Waals surface area contributed by atoms with Gasteiger partial charge in [0.1, 0.15) is 0 Å². The molecule has 3 N–H and O–H groups in total. The summed E-state index contributed by atoms with van der Waals surface area (Å²) in [5, 5.41) is 21.3. The van der Waals surface area contributed by atoms with E-state index in [4.69, 9.17) is 10.2 Å². The second kappa shape index (κ2) is 6.83. The predicted octanol–water partition coefficient (Wildman–Crippen LogP) is 0.512. The van der Waals surface area contributed by atoms with Crippen LogP contribution in [0.5, 0.6) is 0 Å². The summed E-state index contributed by atoms with van der Waals surface area (Å²) in [4.78, 5) is 14.0.